The first-order valence-corrected chi connectivity index (χ1v) is 5.57. The van der Waals surface area contributed by atoms with E-state index in [1.807, 2.05) is 4.90 Å². The van der Waals surface area contributed by atoms with E-state index < -0.39 is 5.97 Å². The van der Waals surface area contributed by atoms with E-state index in [4.69, 9.17) is 10.4 Å². The Morgan fingerprint density at radius 2 is 2.35 bits per heavy atom. The van der Waals surface area contributed by atoms with Crippen LogP contribution in [0.2, 0.25) is 0 Å². The number of carboxylic acids is 1. The fourth-order valence-corrected chi connectivity index (χ4v) is 2.17. The van der Waals surface area contributed by atoms with Crippen molar-refractivity contribution >= 4 is 5.97 Å². The summed E-state index contributed by atoms with van der Waals surface area (Å²) in [5.41, 5.74) is 0.765. The molecule has 0 radical (unpaired) electrons. The van der Waals surface area contributed by atoms with Gasteiger partial charge in [0.1, 0.15) is 6.04 Å². The Balaban J connectivity index is 2.00. The molecule has 1 atom stereocenters. The number of hydrogen-bond acceptors (Lipinski definition) is 4. The summed E-state index contributed by atoms with van der Waals surface area (Å²) in [5.74, 6) is -1.01. The van der Waals surface area contributed by atoms with Gasteiger partial charge in [-0.25, -0.2) is 4.98 Å². The highest BCUT2D eigenvalue weighted by atomic mass is 16.4. The Labute approximate surface area is 98.9 Å². The number of aromatic nitrogens is 2. The predicted molar refractivity (Wildman–Crippen MR) is 58.9 cm³/mol. The number of carbonyl (C=O) groups is 1. The number of carboxylic acid groups (broad SMARTS) is 1. The van der Waals surface area contributed by atoms with Crippen LogP contribution in [0.5, 0.6) is 0 Å². The van der Waals surface area contributed by atoms with Crippen molar-refractivity contribution < 1.29 is 9.90 Å². The highest BCUT2D eigenvalue weighted by molar-refractivity contribution is 5.70. The van der Waals surface area contributed by atoms with Crippen molar-refractivity contribution in [2.45, 2.75) is 18.9 Å². The Hall–Kier alpha value is -1.87. The summed E-state index contributed by atoms with van der Waals surface area (Å²) in [6.45, 7) is 1.27. The molecule has 2 heterocycles. The summed E-state index contributed by atoms with van der Waals surface area (Å²) in [6, 6.07) is 1.87. The number of nitrogens with zero attached hydrogens (tertiary/aromatic N) is 3. The zero-order valence-electron chi connectivity index (χ0n) is 9.33. The minimum absolute atomic E-state index is 0.271. The lowest BCUT2D eigenvalue weighted by molar-refractivity contribution is -0.143. The van der Waals surface area contributed by atoms with Crippen LogP contribution in [0.3, 0.4) is 0 Å². The van der Waals surface area contributed by atoms with Crippen LogP contribution < -0.4 is 0 Å². The molecule has 1 fully saturated rings. The number of aliphatic carboxylic acids is 1. The number of hydrogen-bond donors (Lipinski definition) is 2. The molecule has 0 aromatic carbocycles. The Bertz CT molecular complexity index is 415. The van der Waals surface area contributed by atoms with Gasteiger partial charge in [0.15, 0.2) is 0 Å². The molecule has 1 aliphatic rings. The second kappa shape index (κ2) is 4.97. The summed E-state index contributed by atoms with van der Waals surface area (Å²) in [7, 11) is 0. The average Bonchev–Trinajstić information content (AvgIpc) is 2.84. The molecule has 1 aromatic rings. The van der Waals surface area contributed by atoms with E-state index in [-0.39, 0.29) is 12.0 Å². The first kappa shape index (κ1) is 11.6. The standard InChI is InChI=1S/C11H14N4O2/c12-5-10(9-6-13-7-14-9)15-3-1-8(2-4-15)11(16)17/h6-8,10H,1-4H2,(H,13,14)(H,16,17). The van der Waals surface area contributed by atoms with E-state index in [0.29, 0.717) is 25.9 Å². The van der Waals surface area contributed by atoms with Gasteiger partial charge in [-0.1, -0.05) is 0 Å². The summed E-state index contributed by atoms with van der Waals surface area (Å²) in [5, 5.41) is 18.1. The second-order valence-electron chi connectivity index (χ2n) is 4.19. The van der Waals surface area contributed by atoms with Crippen LogP contribution in [0, 0.1) is 17.2 Å². The van der Waals surface area contributed by atoms with Gasteiger partial charge in [-0.2, -0.15) is 5.26 Å². The maximum Gasteiger partial charge on any atom is 0.306 e. The molecular weight excluding hydrogens is 220 g/mol. The average molecular weight is 234 g/mol. The third kappa shape index (κ3) is 2.45. The van der Waals surface area contributed by atoms with Gasteiger partial charge < -0.3 is 10.1 Å². The van der Waals surface area contributed by atoms with Gasteiger partial charge in [-0.05, 0) is 12.8 Å². The highest BCUT2D eigenvalue weighted by Crippen LogP contribution is 2.25. The molecule has 1 aromatic heterocycles. The molecule has 0 spiro atoms. The lowest BCUT2D eigenvalue weighted by Gasteiger charge is -2.32. The predicted octanol–water partition coefficient (Wildman–Crippen LogP) is 0.771. The van der Waals surface area contributed by atoms with Gasteiger partial charge in [-0.15, -0.1) is 0 Å². The van der Waals surface area contributed by atoms with Crippen LogP contribution in [-0.4, -0.2) is 39.0 Å². The fraction of sp³-hybridized carbons (Fsp3) is 0.545. The molecule has 0 amide bonds. The van der Waals surface area contributed by atoms with E-state index in [1.54, 1.807) is 12.5 Å². The van der Waals surface area contributed by atoms with Crippen molar-refractivity contribution in [3.05, 3.63) is 18.2 Å². The molecule has 17 heavy (non-hydrogen) atoms. The molecule has 2 rings (SSSR count). The smallest absolute Gasteiger partial charge is 0.306 e. The van der Waals surface area contributed by atoms with E-state index in [0.717, 1.165) is 5.69 Å². The van der Waals surface area contributed by atoms with Crippen LogP contribution in [0.15, 0.2) is 12.5 Å². The quantitative estimate of drug-likeness (QED) is 0.805. The number of imidazole rings is 1. The van der Waals surface area contributed by atoms with Crippen LogP contribution >= 0.6 is 0 Å². The number of piperidine rings is 1. The van der Waals surface area contributed by atoms with Crippen molar-refractivity contribution in [3.8, 4) is 6.07 Å². The molecule has 1 aliphatic heterocycles. The van der Waals surface area contributed by atoms with Crippen LogP contribution in [-0.2, 0) is 4.79 Å². The summed E-state index contributed by atoms with van der Waals surface area (Å²) >= 11 is 0. The molecule has 2 N–H and O–H groups in total. The third-order valence-electron chi connectivity index (χ3n) is 3.18. The zero-order valence-corrected chi connectivity index (χ0v) is 9.33. The Morgan fingerprint density at radius 1 is 1.65 bits per heavy atom. The minimum atomic E-state index is -0.736. The fourth-order valence-electron chi connectivity index (χ4n) is 2.17. The van der Waals surface area contributed by atoms with Gasteiger partial charge in [-0.3, -0.25) is 9.69 Å². The highest BCUT2D eigenvalue weighted by Gasteiger charge is 2.29. The topological polar surface area (TPSA) is 93.0 Å². The second-order valence-corrected chi connectivity index (χ2v) is 4.19. The summed E-state index contributed by atoms with van der Waals surface area (Å²) < 4.78 is 0. The summed E-state index contributed by atoms with van der Waals surface area (Å²) in [6.07, 6.45) is 4.38. The van der Waals surface area contributed by atoms with Gasteiger partial charge in [0.2, 0.25) is 0 Å². The van der Waals surface area contributed by atoms with E-state index in [9.17, 15) is 4.79 Å². The lowest BCUT2D eigenvalue weighted by atomic mass is 9.96. The number of H-pyrrole nitrogens is 1. The zero-order chi connectivity index (χ0) is 12.3. The van der Waals surface area contributed by atoms with Crippen molar-refractivity contribution in [3.63, 3.8) is 0 Å². The molecule has 90 valence electrons. The van der Waals surface area contributed by atoms with Gasteiger partial charge in [0, 0.05) is 13.1 Å². The van der Waals surface area contributed by atoms with Gasteiger partial charge in [0.25, 0.3) is 0 Å². The molecule has 6 heteroatoms. The van der Waals surface area contributed by atoms with E-state index in [1.165, 1.54) is 0 Å². The van der Waals surface area contributed by atoms with Crippen molar-refractivity contribution in [2.75, 3.05) is 13.1 Å². The first-order valence-electron chi connectivity index (χ1n) is 5.57. The van der Waals surface area contributed by atoms with E-state index >= 15 is 0 Å². The molecule has 0 bridgehead atoms. The van der Waals surface area contributed by atoms with E-state index in [2.05, 4.69) is 16.0 Å². The minimum Gasteiger partial charge on any atom is -0.481 e. The molecular formula is C11H14N4O2. The number of aromatic amines is 1. The SMILES string of the molecule is N#CC(c1cnc[nH]1)N1CCC(C(=O)O)CC1. The Kier molecular flexibility index (Phi) is 3.40. The first-order chi connectivity index (χ1) is 8.22. The molecule has 0 aliphatic carbocycles. The number of nitrogens with one attached hydrogen (secondary N) is 1. The van der Waals surface area contributed by atoms with Crippen LogP contribution in [0.25, 0.3) is 0 Å². The maximum atomic E-state index is 10.8. The van der Waals surface area contributed by atoms with Crippen LogP contribution in [0.4, 0.5) is 0 Å². The lowest BCUT2D eigenvalue weighted by Crippen LogP contribution is -2.38. The number of nitriles is 1. The summed E-state index contributed by atoms with van der Waals surface area (Å²) in [4.78, 5) is 19.7. The largest absolute Gasteiger partial charge is 0.481 e. The maximum absolute atomic E-state index is 10.8. The van der Waals surface area contributed by atoms with Crippen molar-refractivity contribution in [2.24, 2.45) is 5.92 Å². The molecule has 1 saturated heterocycles. The van der Waals surface area contributed by atoms with Gasteiger partial charge >= 0.3 is 5.97 Å². The van der Waals surface area contributed by atoms with Crippen LogP contribution in [0.1, 0.15) is 24.6 Å². The third-order valence-corrected chi connectivity index (χ3v) is 3.18. The monoisotopic (exact) mass is 234 g/mol. The normalized spacial score (nSPS) is 19.7. The number of rotatable bonds is 3. The van der Waals surface area contributed by atoms with Crippen molar-refractivity contribution in [1.82, 2.24) is 14.9 Å². The number of likely N-dealkylation sites (tertiary alicyclic amines) is 1. The Morgan fingerprint density at radius 3 is 2.82 bits per heavy atom. The molecule has 1 unspecified atom stereocenters. The van der Waals surface area contributed by atoms with Gasteiger partial charge in [0.05, 0.1) is 30.2 Å². The molecule has 0 saturated carbocycles. The van der Waals surface area contributed by atoms with Crippen molar-refractivity contribution in [1.29, 1.82) is 5.26 Å². The molecule has 6 nitrogen and oxygen atoms in total.